The van der Waals surface area contributed by atoms with E-state index in [1.807, 2.05) is 6.92 Å². The van der Waals surface area contributed by atoms with E-state index >= 15 is 0 Å². The summed E-state index contributed by atoms with van der Waals surface area (Å²) in [5.74, 6) is -0.932. The molecule has 70 valence electrons. The van der Waals surface area contributed by atoms with Crippen molar-refractivity contribution in [1.29, 1.82) is 0 Å². The molecule has 0 heterocycles. The van der Waals surface area contributed by atoms with Crippen LogP contribution in [0.25, 0.3) is 0 Å². The fourth-order valence-corrected chi connectivity index (χ4v) is 1.10. The molecule has 0 rings (SSSR count). The quantitative estimate of drug-likeness (QED) is 0.645. The van der Waals surface area contributed by atoms with Crippen molar-refractivity contribution >= 4 is 14.4 Å². The second-order valence-corrected chi connectivity index (χ2v) is 4.09. The van der Waals surface area contributed by atoms with Gasteiger partial charge in [-0.15, -0.1) is 0 Å². The van der Waals surface area contributed by atoms with Gasteiger partial charge in [-0.1, -0.05) is 6.92 Å². The Labute approximate surface area is 73.6 Å². The Kier molecular flexibility index (Phi) is 4.35. The van der Waals surface area contributed by atoms with Gasteiger partial charge in [-0.3, -0.25) is 14.7 Å². The van der Waals surface area contributed by atoms with Crippen molar-refractivity contribution in [3.63, 3.8) is 0 Å². The van der Waals surface area contributed by atoms with Crippen LogP contribution >= 0.6 is 8.46 Å². The third kappa shape index (κ3) is 3.28. The Balaban J connectivity index is 4.20. The molecule has 1 unspecified atom stereocenters. The Hall–Kier alpha value is -0.470. The average Bonchev–Trinajstić information content (AvgIpc) is 2.04. The summed E-state index contributed by atoms with van der Waals surface area (Å²) >= 11 is 0. The Bertz CT molecular complexity index is 185. The van der Waals surface area contributed by atoms with Gasteiger partial charge in [0, 0.05) is 0 Å². The number of carbonyl (C=O) groups is 1. The molecule has 5 heteroatoms. The molecule has 0 amide bonds. The summed E-state index contributed by atoms with van der Waals surface area (Å²) in [6, 6.07) is -0.670. The zero-order valence-electron chi connectivity index (χ0n) is 7.50. The van der Waals surface area contributed by atoms with E-state index in [4.69, 9.17) is 5.11 Å². The van der Waals surface area contributed by atoms with Crippen LogP contribution in [0.3, 0.4) is 0 Å². The zero-order chi connectivity index (χ0) is 9.78. The minimum Gasteiger partial charge on any atom is -0.480 e. The van der Waals surface area contributed by atoms with Crippen LogP contribution in [-0.4, -0.2) is 22.4 Å². The van der Waals surface area contributed by atoms with Gasteiger partial charge in [0.25, 0.3) is 0 Å². The molecule has 0 saturated heterocycles. The Morgan fingerprint density at radius 2 is 2.25 bits per heavy atom. The molecule has 0 bridgehead atoms. The first-order chi connectivity index (χ1) is 5.45. The third-order valence-electron chi connectivity index (χ3n) is 1.79. The number of rotatable bonds is 5. The molecule has 0 aromatic heterocycles. The van der Waals surface area contributed by atoms with E-state index in [1.54, 1.807) is 6.92 Å². The molecule has 0 aliphatic carbocycles. The predicted octanol–water partition coefficient (Wildman–Crippen LogP) is 1.47. The van der Waals surface area contributed by atoms with Crippen molar-refractivity contribution < 1.29 is 14.5 Å². The molecule has 0 radical (unpaired) electrons. The minimum absolute atomic E-state index is 0.0718. The van der Waals surface area contributed by atoms with Crippen LogP contribution in [-0.2, 0) is 9.36 Å². The lowest BCUT2D eigenvalue weighted by Gasteiger charge is -2.24. The van der Waals surface area contributed by atoms with Crippen LogP contribution in [0.5, 0.6) is 0 Å². The van der Waals surface area contributed by atoms with E-state index in [0.717, 1.165) is 0 Å². The molecule has 0 saturated carbocycles. The van der Waals surface area contributed by atoms with Gasteiger partial charge in [-0.05, 0) is 20.3 Å². The Morgan fingerprint density at radius 1 is 1.75 bits per heavy atom. The van der Waals surface area contributed by atoms with Crippen LogP contribution in [0, 0.1) is 0 Å². The smallest absolute Gasteiger partial charge is 0.320 e. The molecular weight excluding hydrogens is 177 g/mol. The molecule has 4 nitrogen and oxygen atoms in total. The van der Waals surface area contributed by atoms with Crippen molar-refractivity contribution in [2.45, 2.75) is 38.5 Å². The maximum Gasteiger partial charge on any atom is 0.320 e. The summed E-state index contributed by atoms with van der Waals surface area (Å²) in [5, 5.41) is 10.7. The monoisotopic (exact) mass is 191 g/mol. The standard InChI is InChI=1S/C7H14NO3P/c1-4-7(3,12-11)8-5(2)6(9)10/h5,8H,4H2,1-3H3,(H,9,10)/t5-,7?/m0/s1. The average molecular weight is 191 g/mol. The number of carboxylic acid groups (broad SMARTS) is 1. The largest absolute Gasteiger partial charge is 0.480 e. The summed E-state index contributed by atoms with van der Waals surface area (Å²) in [6.07, 6.45) is 0.621. The molecule has 0 fully saturated rings. The third-order valence-corrected chi connectivity index (χ3v) is 2.64. The highest BCUT2D eigenvalue weighted by molar-refractivity contribution is 7.25. The van der Waals surface area contributed by atoms with E-state index < -0.39 is 17.3 Å². The summed E-state index contributed by atoms with van der Waals surface area (Å²) in [5.41, 5.74) is 0. The SMILES string of the molecule is CCC(C)(N[C@@H](C)C(=O)O)P=O. The van der Waals surface area contributed by atoms with Crippen LogP contribution in [0.1, 0.15) is 27.2 Å². The first-order valence-corrected chi connectivity index (χ1v) is 4.61. The minimum atomic E-state index is -0.932. The topological polar surface area (TPSA) is 66.4 Å². The first-order valence-electron chi connectivity index (χ1n) is 3.80. The molecular formula is C7H14NO3P. The molecule has 2 N–H and O–H groups in total. The van der Waals surface area contributed by atoms with Gasteiger partial charge in [0.15, 0.2) is 8.46 Å². The van der Waals surface area contributed by atoms with Gasteiger partial charge in [0.05, 0.1) is 5.28 Å². The van der Waals surface area contributed by atoms with Crippen LogP contribution in [0.2, 0.25) is 0 Å². The van der Waals surface area contributed by atoms with Crippen LogP contribution in [0.4, 0.5) is 0 Å². The fraction of sp³-hybridized carbons (Fsp3) is 0.857. The number of aliphatic carboxylic acids is 1. The lowest BCUT2D eigenvalue weighted by molar-refractivity contribution is -0.139. The van der Waals surface area contributed by atoms with Crippen LogP contribution in [0.15, 0.2) is 0 Å². The second kappa shape index (κ2) is 4.53. The predicted molar refractivity (Wildman–Crippen MR) is 46.5 cm³/mol. The summed E-state index contributed by atoms with van der Waals surface area (Å²) in [7, 11) is -0.0718. The van der Waals surface area contributed by atoms with Crippen molar-refractivity contribution in [2.75, 3.05) is 0 Å². The van der Waals surface area contributed by atoms with Gasteiger partial charge < -0.3 is 5.11 Å². The highest BCUT2D eigenvalue weighted by atomic mass is 31.1. The maximum atomic E-state index is 10.7. The molecule has 0 aliphatic rings. The van der Waals surface area contributed by atoms with E-state index in [1.165, 1.54) is 6.92 Å². The van der Waals surface area contributed by atoms with E-state index in [9.17, 15) is 9.36 Å². The Morgan fingerprint density at radius 3 is 2.50 bits per heavy atom. The number of hydrogen-bond acceptors (Lipinski definition) is 3. The molecule has 0 aromatic carbocycles. The first kappa shape index (κ1) is 11.5. The zero-order valence-corrected chi connectivity index (χ0v) is 8.39. The van der Waals surface area contributed by atoms with Crippen LogP contribution < -0.4 is 5.32 Å². The van der Waals surface area contributed by atoms with Crippen molar-refractivity contribution in [3.8, 4) is 0 Å². The van der Waals surface area contributed by atoms with Crippen molar-refractivity contribution in [1.82, 2.24) is 5.32 Å². The normalized spacial score (nSPS) is 18.6. The van der Waals surface area contributed by atoms with E-state index in [0.29, 0.717) is 6.42 Å². The van der Waals surface area contributed by atoms with Gasteiger partial charge in [0.1, 0.15) is 6.04 Å². The number of nitrogens with one attached hydrogen (secondary N) is 1. The second-order valence-electron chi connectivity index (χ2n) is 2.92. The molecule has 2 atom stereocenters. The summed E-state index contributed by atoms with van der Waals surface area (Å²) < 4.78 is 10.7. The van der Waals surface area contributed by atoms with E-state index in [2.05, 4.69) is 5.32 Å². The summed E-state index contributed by atoms with van der Waals surface area (Å²) in [4.78, 5) is 10.4. The lowest BCUT2D eigenvalue weighted by Crippen LogP contribution is -2.46. The molecule has 0 spiro atoms. The molecule has 0 aromatic rings. The highest BCUT2D eigenvalue weighted by Gasteiger charge is 2.26. The molecule has 12 heavy (non-hydrogen) atoms. The van der Waals surface area contributed by atoms with Crippen molar-refractivity contribution in [2.24, 2.45) is 0 Å². The van der Waals surface area contributed by atoms with Gasteiger partial charge in [-0.2, -0.15) is 0 Å². The highest BCUT2D eigenvalue weighted by Crippen LogP contribution is 2.23. The molecule has 0 aliphatic heterocycles. The van der Waals surface area contributed by atoms with Gasteiger partial charge in [0.2, 0.25) is 0 Å². The van der Waals surface area contributed by atoms with Crippen molar-refractivity contribution in [3.05, 3.63) is 0 Å². The van der Waals surface area contributed by atoms with E-state index in [-0.39, 0.29) is 8.46 Å². The fourth-order valence-electron chi connectivity index (χ4n) is 0.721. The van der Waals surface area contributed by atoms with Gasteiger partial charge in [-0.25, -0.2) is 0 Å². The number of carboxylic acids is 1. The maximum absolute atomic E-state index is 10.7. The summed E-state index contributed by atoms with van der Waals surface area (Å²) in [6.45, 7) is 5.11. The van der Waals surface area contributed by atoms with Gasteiger partial charge >= 0.3 is 5.97 Å². The number of hydrogen-bond donors (Lipinski definition) is 2. The lowest BCUT2D eigenvalue weighted by atomic mass is 10.2.